The first-order chi connectivity index (χ1) is 9.60. The van der Waals surface area contributed by atoms with Gasteiger partial charge >= 0.3 is 0 Å². The summed E-state index contributed by atoms with van der Waals surface area (Å²) in [5.74, 6) is 0.204. The molecule has 0 bridgehead atoms. The van der Waals surface area contributed by atoms with Crippen molar-refractivity contribution in [1.29, 1.82) is 0 Å². The van der Waals surface area contributed by atoms with Gasteiger partial charge in [-0.2, -0.15) is 0 Å². The third-order valence-electron chi connectivity index (χ3n) is 3.26. The van der Waals surface area contributed by atoms with Crippen molar-refractivity contribution >= 4 is 5.91 Å². The molecule has 0 aromatic heterocycles. The lowest BCUT2D eigenvalue weighted by Gasteiger charge is -2.19. The second kappa shape index (κ2) is 10.2. The summed E-state index contributed by atoms with van der Waals surface area (Å²) < 4.78 is 5.68. The molecule has 0 radical (unpaired) electrons. The number of carbonyl (C=O) groups excluding carboxylic acids is 1. The molecule has 0 atom stereocenters. The lowest BCUT2D eigenvalue weighted by molar-refractivity contribution is -0.121. The average molecular weight is 299 g/mol. The summed E-state index contributed by atoms with van der Waals surface area (Å²) in [5.41, 5.74) is 0.302. The van der Waals surface area contributed by atoms with E-state index in [9.17, 15) is 4.79 Å². The molecule has 1 N–H and O–H groups in total. The Morgan fingerprint density at radius 2 is 1.52 bits per heavy atom. The third kappa shape index (κ3) is 17.4. The molecule has 1 amide bonds. The number of rotatable bonds is 10. The van der Waals surface area contributed by atoms with Crippen LogP contribution in [0.5, 0.6) is 0 Å². The molecule has 3 nitrogen and oxygen atoms in total. The number of unbranched alkanes of at least 4 members (excludes halogenated alkanes) is 3. The van der Waals surface area contributed by atoms with Gasteiger partial charge in [0.15, 0.2) is 0 Å². The van der Waals surface area contributed by atoms with E-state index in [2.05, 4.69) is 46.9 Å². The van der Waals surface area contributed by atoms with E-state index in [4.69, 9.17) is 4.74 Å². The molecule has 21 heavy (non-hydrogen) atoms. The van der Waals surface area contributed by atoms with E-state index in [1.807, 2.05) is 0 Å². The van der Waals surface area contributed by atoms with Gasteiger partial charge in [0.1, 0.15) is 0 Å². The van der Waals surface area contributed by atoms with Crippen LogP contribution in [0.2, 0.25) is 0 Å². The van der Waals surface area contributed by atoms with E-state index >= 15 is 0 Å². The molecule has 0 saturated heterocycles. The number of amides is 1. The minimum Gasteiger partial charge on any atom is -0.376 e. The Morgan fingerprint density at radius 1 is 0.905 bits per heavy atom. The zero-order valence-corrected chi connectivity index (χ0v) is 15.2. The van der Waals surface area contributed by atoms with Gasteiger partial charge < -0.3 is 10.1 Å². The standard InChI is InChI=1S/C18H37NO2/c1-17(2,3)13-11-12-16(20)19-14-9-7-8-10-15-21-18(4,5)6/h7-15H2,1-6H3,(H,19,20). The molecular formula is C18H37NO2. The highest BCUT2D eigenvalue weighted by Crippen LogP contribution is 2.21. The van der Waals surface area contributed by atoms with Crippen LogP contribution < -0.4 is 5.32 Å². The highest BCUT2D eigenvalue weighted by molar-refractivity contribution is 5.75. The van der Waals surface area contributed by atoms with E-state index < -0.39 is 0 Å². The number of hydrogen-bond donors (Lipinski definition) is 1. The molecule has 0 spiro atoms. The average Bonchev–Trinajstić information content (AvgIpc) is 2.29. The van der Waals surface area contributed by atoms with Gasteiger partial charge in [-0.05, 0) is 51.9 Å². The molecule has 3 heteroatoms. The van der Waals surface area contributed by atoms with Crippen LogP contribution in [0.15, 0.2) is 0 Å². The Kier molecular flexibility index (Phi) is 9.93. The summed E-state index contributed by atoms with van der Waals surface area (Å²) in [4.78, 5) is 11.6. The molecular weight excluding hydrogens is 262 g/mol. The summed E-state index contributed by atoms with van der Waals surface area (Å²) in [6.45, 7) is 14.6. The maximum atomic E-state index is 11.6. The van der Waals surface area contributed by atoms with E-state index in [0.29, 0.717) is 11.8 Å². The van der Waals surface area contributed by atoms with Crippen LogP contribution in [0.25, 0.3) is 0 Å². The van der Waals surface area contributed by atoms with Gasteiger partial charge in [-0.15, -0.1) is 0 Å². The minimum atomic E-state index is -0.0268. The molecule has 0 aromatic rings. The van der Waals surface area contributed by atoms with Crippen molar-refractivity contribution < 1.29 is 9.53 Å². The summed E-state index contributed by atoms with van der Waals surface area (Å²) in [7, 11) is 0. The van der Waals surface area contributed by atoms with Gasteiger partial charge in [0.05, 0.1) is 5.60 Å². The van der Waals surface area contributed by atoms with E-state index in [-0.39, 0.29) is 11.5 Å². The first-order valence-electron chi connectivity index (χ1n) is 8.51. The number of hydrogen-bond acceptors (Lipinski definition) is 2. The molecule has 0 unspecified atom stereocenters. The van der Waals surface area contributed by atoms with Crippen LogP contribution in [0.1, 0.15) is 86.5 Å². The topological polar surface area (TPSA) is 38.3 Å². The summed E-state index contributed by atoms with van der Waals surface area (Å²) >= 11 is 0. The Hall–Kier alpha value is -0.570. The van der Waals surface area contributed by atoms with Gasteiger partial charge in [-0.3, -0.25) is 4.79 Å². The zero-order valence-electron chi connectivity index (χ0n) is 15.2. The predicted octanol–water partition coefficient (Wildman–Crippen LogP) is 4.69. The summed E-state index contributed by atoms with van der Waals surface area (Å²) in [6.07, 6.45) is 7.27. The highest BCUT2D eigenvalue weighted by atomic mass is 16.5. The lowest BCUT2D eigenvalue weighted by atomic mass is 9.90. The Morgan fingerprint density at radius 3 is 2.10 bits per heavy atom. The Bertz CT molecular complexity index is 274. The maximum Gasteiger partial charge on any atom is 0.219 e. The smallest absolute Gasteiger partial charge is 0.219 e. The molecule has 0 fully saturated rings. The van der Waals surface area contributed by atoms with Gasteiger partial charge in [0.2, 0.25) is 5.91 Å². The van der Waals surface area contributed by atoms with Crippen LogP contribution in [-0.4, -0.2) is 24.7 Å². The second-order valence-corrected chi connectivity index (χ2v) is 8.14. The zero-order chi connectivity index (χ0) is 16.4. The van der Waals surface area contributed by atoms with Crippen LogP contribution in [0.4, 0.5) is 0 Å². The fourth-order valence-electron chi connectivity index (χ4n) is 2.05. The van der Waals surface area contributed by atoms with Crippen molar-refractivity contribution in [3.63, 3.8) is 0 Å². The van der Waals surface area contributed by atoms with Crippen molar-refractivity contribution in [3.05, 3.63) is 0 Å². The van der Waals surface area contributed by atoms with Crippen LogP contribution in [0, 0.1) is 5.41 Å². The highest BCUT2D eigenvalue weighted by Gasteiger charge is 2.11. The van der Waals surface area contributed by atoms with Crippen LogP contribution in [0.3, 0.4) is 0 Å². The Labute approximate surface area is 132 Å². The molecule has 0 rings (SSSR count). The van der Waals surface area contributed by atoms with E-state index in [1.165, 1.54) is 6.42 Å². The second-order valence-electron chi connectivity index (χ2n) is 8.14. The van der Waals surface area contributed by atoms with E-state index in [1.54, 1.807) is 0 Å². The monoisotopic (exact) mass is 299 g/mol. The molecule has 0 aliphatic rings. The number of ether oxygens (including phenoxy) is 1. The van der Waals surface area contributed by atoms with Crippen molar-refractivity contribution in [1.82, 2.24) is 5.32 Å². The molecule has 0 aliphatic heterocycles. The van der Waals surface area contributed by atoms with Crippen molar-refractivity contribution in [2.75, 3.05) is 13.2 Å². The fraction of sp³-hybridized carbons (Fsp3) is 0.944. The molecule has 126 valence electrons. The van der Waals surface area contributed by atoms with Gasteiger partial charge in [-0.25, -0.2) is 0 Å². The Balaban J connectivity index is 3.33. The SMILES string of the molecule is CC(C)(C)CCCC(=O)NCCCCCCOC(C)(C)C. The lowest BCUT2D eigenvalue weighted by Crippen LogP contribution is -2.24. The van der Waals surface area contributed by atoms with Gasteiger partial charge in [0.25, 0.3) is 0 Å². The fourth-order valence-corrected chi connectivity index (χ4v) is 2.05. The summed E-state index contributed by atoms with van der Waals surface area (Å²) in [6, 6.07) is 0. The van der Waals surface area contributed by atoms with Gasteiger partial charge in [-0.1, -0.05) is 33.6 Å². The predicted molar refractivity (Wildman–Crippen MR) is 90.5 cm³/mol. The van der Waals surface area contributed by atoms with Gasteiger partial charge in [0, 0.05) is 19.6 Å². The van der Waals surface area contributed by atoms with Crippen molar-refractivity contribution in [3.8, 4) is 0 Å². The molecule has 0 aromatic carbocycles. The quantitative estimate of drug-likeness (QED) is 0.594. The largest absolute Gasteiger partial charge is 0.376 e. The molecule has 0 heterocycles. The normalized spacial score (nSPS) is 12.5. The number of nitrogens with one attached hydrogen (secondary N) is 1. The van der Waals surface area contributed by atoms with Crippen molar-refractivity contribution in [2.45, 2.75) is 92.1 Å². The van der Waals surface area contributed by atoms with Crippen LogP contribution in [-0.2, 0) is 9.53 Å². The first-order valence-corrected chi connectivity index (χ1v) is 8.51. The minimum absolute atomic E-state index is 0.0268. The third-order valence-corrected chi connectivity index (χ3v) is 3.26. The van der Waals surface area contributed by atoms with E-state index in [0.717, 1.165) is 45.3 Å². The maximum absolute atomic E-state index is 11.6. The molecule has 0 aliphatic carbocycles. The van der Waals surface area contributed by atoms with Crippen LogP contribution >= 0.6 is 0 Å². The van der Waals surface area contributed by atoms with Crippen molar-refractivity contribution in [2.24, 2.45) is 5.41 Å². The number of carbonyl (C=O) groups is 1. The first kappa shape index (κ1) is 20.4. The summed E-state index contributed by atoms with van der Waals surface area (Å²) in [5, 5.41) is 3.01. The molecule has 0 saturated carbocycles.